The predicted molar refractivity (Wildman–Crippen MR) is 127 cm³/mol. The van der Waals surface area contributed by atoms with Crippen LogP contribution < -0.4 is 21.3 Å². The lowest BCUT2D eigenvalue weighted by atomic mass is 10.0. The lowest BCUT2D eigenvalue weighted by Crippen LogP contribution is -2.59. The standard InChI is InChI=1S/C21H32N4O6S2/c1-11(2)17-20(29)23-13(4)21(30)31-14-7-5-6-8-32-33-10-15(19(28)25-17)24-18(27)12(3)22-16(26)9-14/h5,7,11-15,17H,6,8-10H2,1-4H3,(H,22,26)(H,23,29)(H,24,27)(H,25,28)/b7-5+/t12-,13-,14-,15+,17-/m1/s1. The molecule has 0 aromatic heterocycles. The Morgan fingerprint density at radius 2 is 1.64 bits per heavy atom. The molecule has 2 rings (SSSR count). The third-order valence-corrected chi connectivity index (χ3v) is 7.50. The van der Waals surface area contributed by atoms with E-state index in [0.717, 1.165) is 5.75 Å². The first-order valence-electron chi connectivity index (χ1n) is 10.9. The summed E-state index contributed by atoms with van der Waals surface area (Å²) in [5.74, 6) is -2.05. The molecule has 4 amide bonds. The molecular formula is C21H32N4O6S2. The summed E-state index contributed by atoms with van der Waals surface area (Å²) in [5.41, 5.74) is 0. The second kappa shape index (κ2) is 12.9. The van der Waals surface area contributed by atoms with Crippen LogP contribution in [0, 0.1) is 5.92 Å². The van der Waals surface area contributed by atoms with Crippen molar-refractivity contribution in [3.63, 3.8) is 0 Å². The molecule has 2 aliphatic heterocycles. The maximum atomic E-state index is 13.0. The van der Waals surface area contributed by atoms with Crippen molar-refractivity contribution in [3.05, 3.63) is 12.2 Å². The van der Waals surface area contributed by atoms with Crippen molar-refractivity contribution >= 4 is 51.2 Å². The van der Waals surface area contributed by atoms with Crippen molar-refractivity contribution in [3.8, 4) is 0 Å². The Morgan fingerprint density at radius 1 is 0.909 bits per heavy atom. The van der Waals surface area contributed by atoms with Crippen LogP contribution in [0.2, 0.25) is 0 Å². The lowest BCUT2D eigenvalue weighted by molar-refractivity contribution is -0.152. The Morgan fingerprint density at radius 3 is 2.33 bits per heavy atom. The molecule has 2 bridgehead atoms. The molecule has 0 spiro atoms. The summed E-state index contributed by atoms with van der Waals surface area (Å²) < 4.78 is 5.47. The molecule has 5 atom stereocenters. The highest BCUT2D eigenvalue weighted by Crippen LogP contribution is 2.23. The Hall–Kier alpha value is -2.21. The Bertz CT molecular complexity index is 791. The van der Waals surface area contributed by atoms with E-state index in [-0.39, 0.29) is 18.1 Å². The van der Waals surface area contributed by atoms with Gasteiger partial charge in [-0.3, -0.25) is 19.2 Å². The summed E-state index contributed by atoms with van der Waals surface area (Å²) in [6, 6.07) is -3.72. The molecule has 12 heteroatoms. The zero-order chi connectivity index (χ0) is 24.5. The topological polar surface area (TPSA) is 143 Å². The van der Waals surface area contributed by atoms with Crippen LogP contribution in [0.4, 0.5) is 0 Å². The number of esters is 1. The van der Waals surface area contributed by atoms with Crippen LogP contribution in [0.3, 0.4) is 0 Å². The molecule has 0 radical (unpaired) electrons. The molecule has 0 aromatic rings. The van der Waals surface area contributed by atoms with Crippen LogP contribution >= 0.6 is 21.6 Å². The third kappa shape index (κ3) is 8.58. The number of hydrogen-bond acceptors (Lipinski definition) is 8. The molecule has 0 saturated carbocycles. The Balaban J connectivity index is 2.44. The number of ether oxygens (including phenoxy) is 1. The van der Waals surface area contributed by atoms with Crippen LogP contribution in [0.15, 0.2) is 12.2 Å². The van der Waals surface area contributed by atoms with Crippen molar-refractivity contribution in [2.45, 2.75) is 70.8 Å². The molecule has 0 unspecified atom stereocenters. The number of nitrogens with one attached hydrogen (secondary N) is 4. The van der Waals surface area contributed by atoms with Gasteiger partial charge in [0.25, 0.3) is 0 Å². The van der Waals surface area contributed by atoms with Gasteiger partial charge in [0, 0.05) is 11.5 Å². The van der Waals surface area contributed by atoms with Crippen LogP contribution in [-0.2, 0) is 28.7 Å². The third-order valence-electron chi connectivity index (χ3n) is 5.05. The minimum atomic E-state index is -0.987. The summed E-state index contributed by atoms with van der Waals surface area (Å²) in [4.78, 5) is 63.7. The van der Waals surface area contributed by atoms with Crippen molar-refractivity contribution in [1.29, 1.82) is 0 Å². The summed E-state index contributed by atoms with van der Waals surface area (Å²) in [6.45, 7) is 6.53. The van der Waals surface area contributed by atoms with E-state index < -0.39 is 59.9 Å². The molecule has 0 aromatic carbocycles. The second-order valence-corrected chi connectivity index (χ2v) is 10.9. The summed E-state index contributed by atoms with van der Waals surface area (Å²) in [6.07, 6.45) is 3.10. The molecule has 1 saturated heterocycles. The fraction of sp³-hybridized carbons (Fsp3) is 0.667. The molecule has 2 heterocycles. The van der Waals surface area contributed by atoms with Gasteiger partial charge < -0.3 is 26.0 Å². The smallest absolute Gasteiger partial charge is 0.328 e. The van der Waals surface area contributed by atoms with E-state index in [9.17, 15) is 24.0 Å². The number of allylic oxidation sites excluding steroid dienone is 1. The fourth-order valence-corrected chi connectivity index (χ4v) is 5.28. The van der Waals surface area contributed by atoms with Crippen molar-refractivity contribution in [1.82, 2.24) is 21.3 Å². The monoisotopic (exact) mass is 500 g/mol. The van der Waals surface area contributed by atoms with Crippen LogP contribution in [0.1, 0.15) is 40.5 Å². The van der Waals surface area contributed by atoms with Gasteiger partial charge in [-0.1, -0.05) is 41.5 Å². The molecule has 184 valence electrons. The molecule has 1 fully saturated rings. The molecule has 4 N–H and O–H groups in total. The number of carbonyl (C=O) groups is 5. The predicted octanol–water partition coefficient (Wildman–Crippen LogP) is 0.278. The van der Waals surface area contributed by atoms with E-state index in [1.54, 1.807) is 19.9 Å². The first kappa shape index (κ1) is 27.0. The number of carbonyl (C=O) groups excluding carboxylic acids is 5. The SMILES string of the molecule is CC(C)[C@H]1NC(=O)[C@@H]2CSSCC/C=C/[C@H](CC(=O)N[C@H](C)C(=O)N2)OC(=O)[C@@H](C)NC1=O. The zero-order valence-corrected chi connectivity index (χ0v) is 20.8. The van der Waals surface area contributed by atoms with E-state index in [0.29, 0.717) is 6.42 Å². The quantitative estimate of drug-likeness (QED) is 0.228. The summed E-state index contributed by atoms with van der Waals surface area (Å²) in [7, 11) is 2.96. The van der Waals surface area contributed by atoms with E-state index >= 15 is 0 Å². The average molecular weight is 501 g/mol. The number of rotatable bonds is 1. The van der Waals surface area contributed by atoms with Crippen molar-refractivity contribution in [2.24, 2.45) is 5.92 Å². The van der Waals surface area contributed by atoms with Crippen molar-refractivity contribution < 1.29 is 28.7 Å². The fourth-order valence-electron chi connectivity index (χ4n) is 3.12. The van der Waals surface area contributed by atoms with Crippen LogP contribution in [-0.4, -0.2) is 71.4 Å². The van der Waals surface area contributed by atoms with Crippen LogP contribution in [0.5, 0.6) is 0 Å². The van der Waals surface area contributed by atoms with Gasteiger partial charge in [0.05, 0.1) is 6.42 Å². The number of amides is 4. The van der Waals surface area contributed by atoms with Gasteiger partial charge in [-0.15, -0.1) is 0 Å². The van der Waals surface area contributed by atoms with Gasteiger partial charge in [-0.2, -0.15) is 0 Å². The highest BCUT2D eigenvalue weighted by molar-refractivity contribution is 8.76. The minimum absolute atomic E-state index is 0.180. The highest BCUT2D eigenvalue weighted by atomic mass is 33.1. The highest BCUT2D eigenvalue weighted by Gasteiger charge is 2.32. The van der Waals surface area contributed by atoms with E-state index in [1.807, 2.05) is 6.08 Å². The zero-order valence-electron chi connectivity index (χ0n) is 19.2. The van der Waals surface area contributed by atoms with E-state index in [1.165, 1.54) is 35.4 Å². The normalized spacial score (nSPS) is 32.0. The maximum Gasteiger partial charge on any atom is 0.328 e. The number of hydrogen-bond donors (Lipinski definition) is 4. The molecule has 2 aliphatic rings. The Kier molecular flexibility index (Phi) is 10.6. The van der Waals surface area contributed by atoms with Crippen molar-refractivity contribution in [2.75, 3.05) is 11.5 Å². The van der Waals surface area contributed by atoms with Gasteiger partial charge in [0.1, 0.15) is 30.3 Å². The van der Waals surface area contributed by atoms with Gasteiger partial charge in [0.2, 0.25) is 23.6 Å². The average Bonchev–Trinajstić information content (AvgIpc) is 2.73. The molecule has 10 nitrogen and oxygen atoms in total. The van der Waals surface area contributed by atoms with E-state index in [2.05, 4.69) is 21.3 Å². The van der Waals surface area contributed by atoms with Gasteiger partial charge >= 0.3 is 5.97 Å². The summed E-state index contributed by atoms with van der Waals surface area (Å²) >= 11 is 0. The summed E-state index contributed by atoms with van der Waals surface area (Å²) in [5, 5.41) is 10.5. The van der Waals surface area contributed by atoms with E-state index in [4.69, 9.17) is 4.74 Å². The first-order valence-corrected chi connectivity index (χ1v) is 13.4. The lowest BCUT2D eigenvalue weighted by Gasteiger charge is -2.27. The van der Waals surface area contributed by atoms with Gasteiger partial charge in [-0.25, -0.2) is 4.79 Å². The largest absolute Gasteiger partial charge is 0.456 e. The maximum absolute atomic E-state index is 13.0. The minimum Gasteiger partial charge on any atom is -0.456 e. The Labute approximate surface area is 201 Å². The van der Waals surface area contributed by atoms with Crippen LogP contribution in [0.25, 0.3) is 0 Å². The van der Waals surface area contributed by atoms with Gasteiger partial charge in [-0.05, 0) is 32.3 Å². The molecular weight excluding hydrogens is 468 g/mol. The number of fused-ring (bicyclic) bond motifs is 7. The second-order valence-electron chi connectivity index (χ2n) is 8.31. The first-order chi connectivity index (χ1) is 15.6. The molecule has 0 aliphatic carbocycles. The van der Waals surface area contributed by atoms with Gasteiger partial charge in [0.15, 0.2) is 0 Å². The molecule has 33 heavy (non-hydrogen) atoms.